The second-order valence-corrected chi connectivity index (χ2v) is 4.96. The highest BCUT2D eigenvalue weighted by Gasteiger charge is 2.20. The molecule has 1 aliphatic carbocycles. The Morgan fingerprint density at radius 3 is 2.71 bits per heavy atom. The lowest BCUT2D eigenvalue weighted by molar-refractivity contribution is 0.151. The van der Waals surface area contributed by atoms with Gasteiger partial charge in [-0.05, 0) is 24.6 Å². The maximum Gasteiger partial charge on any atom is 0.407 e. The molecule has 1 amide bonds. The van der Waals surface area contributed by atoms with Crippen molar-refractivity contribution in [3.8, 4) is 0 Å². The number of hydrogen-bond donors (Lipinski definition) is 1. The molecule has 1 N–H and O–H groups in total. The van der Waals surface area contributed by atoms with Gasteiger partial charge in [-0.2, -0.15) is 0 Å². The SMILES string of the molecule is CN(CC(CC1CCCCC1)N=C=S)C(=O)O. The van der Waals surface area contributed by atoms with Crippen LogP contribution < -0.4 is 0 Å². The van der Waals surface area contributed by atoms with Crippen LogP contribution in [-0.2, 0) is 0 Å². The number of likely N-dealkylation sites (N-methyl/N-ethyl adjacent to an activating group) is 1. The van der Waals surface area contributed by atoms with Crippen molar-refractivity contribution in [1.29, 1.82) is 0 Å². The first-order chi connectivity index (χ1) is 8.13. The topological polar surface area (TPSA) is 52.9 Å². The second kappa shape index (κ2) is 7.41. The highest BCUT2D eigenvalue weighted by Crippen LogP contribution is 2.28. The molecule has 0 aromatic heterocycles. The monoisotopic (exact) mass is 256 g/mol. The molecule has 17 heavy (non-hydrogen) atoms. The molecule has 0 aromatic rings. The zero-order valence-electron chi connectivity index (χ0n) is 10.3. The average Bonchev–Trinajstić information content (AvgIpc) is 2.30. The number of thiocarbonyl (C=S) groups is 1. The summed E-state index contributed by atoms with van der Waals surface area (Å²) >= 11 is 4.63. The van der Waals surface area contributed by atoms with E-state index in [0.717, 1.165) is 6.42 Å². The van der Waals surface area contributed by atoms with E-state index < -0.39 is 6.09 Å². The normalized spacial score (nSPS) is 18.2. The van der Waals surface area contributed by atoms with Gasteiger partial charge in [0.25, 0.3) is 0 Å². The maximum atomic E-state index is 10.8. The Morgan fingerprint density at radius 2 is 2.18 bits per heavy atom. The third-order valence-electron chi connectivity index (χ3n) is 3.38. The zero-order valence-corrected chi connectivity index (χ0v) is 11.1. The van der Waals surface area contributed by atoms with Crippen LogP contribution in [0.3, 0.4) is 0 Å². The number of isothiocyanates is 1. The van der Waals surface area contributed by atoms with Crippen molar-refractivity contribution in [3.05, 3.63) is 0 Å². The van der Waals surface area contributed by atoms with Crippen molar-refractivity contribution >= 4 is 23.5 Å². The minimum absolute atomic E-state index is 0.0308. The first-order valence-corrected chi connectivity index (χ1v) is 6.55. The summed E-state index contributed by atoms with van der Waals surface area (Å²) in [6.45, 7) is 0.412. The third-order valence-corrected chi connectivity index (χ3v) is 3.48. The van der Waals surface area contributed by atoms with Crippen LogP contribution in [0.5, 0.6) is 0 Å². The molecule has 1 rings (SSSR count). The molecule has 0 saturated heterocycles. The van der Waals surface area contributed by atoms with Crippen LogP contribution in [0.4, 0.5) is 4.79 Å². The quantitative estimate of drug-likeness (QED) is 0.607. The summed E-state index contributed by atoms with van der Waals surface area (Å²) in [6.07, 6.45) is 6.38. The highest BCUT2D eigenvalue weighted by atomic mass is 32.1. The lowest BCUT2D eigenvalue weighted by Gasteiger charge is -2.25. The van der Waals surface area contributed by atoms with Gasteiger partial charge in [-0.25, -0.2) is 9.79 Å². The fraction of sp³-hybridized carbons (Fsp3) is 0.833. The van der Waals surface area contributed by atoms with Crippen LogP contribution in [0.2, 0.25) is 0 Å². The predicted molar refractivity (Wildman–Crippen MR) is 70.7 cm³/mol. The second-order valence-electron chi connectivity index (χ2n) is 4.78. The highest BCUT2D eigenvalue weighted by molar-refractivity contribution is 7.78. The lowest BCUT2D eigenvalue weighted by Crippen LogP contribution is -2.33. The van der Waals surface area contributed by atoms with Crippen molar-refractivity contribution < 1.29 is 9.90 Å². The molecule has 0 aliphatic heterocycles. The third kappa shape index (κ3) is 5.29. The molecule has 96 valence electrons. The van der Waals surface area contributed by atoms with Crippen LogP contribution in [0.1, 0.15) is 38.5 Å². The molecule has 1 atom stereocenters. The number of aliphatic imine (C=N–C) groups is 1. The van der Waals surface area contributed by atoms with E-state index in [2.05, 4.69) is 22.4 Å². The van der Waals surface area contributed by atoms with E-state index in [1.165, 1.54) is 37.0 Å². The number of hydrogen-bond acceptors (Lipinski definition) is 3. The average molecular weight is 256 g/mol. The molecule has 1 fully saturated rings. The number of amides is 1. The van der Waals surface area contributed by atoms with Crippen LogP contribution >= 0.6 is 12.2 Å². The molecule has 0 aromatic carbocycles. The fourth-order valence-electron chi connectivity index (χ4n) is 2.44. The Balaban J connectivity index is 2.47. The molecule has 0 spiro atoms. The first kappa shape index (κ1) is 14.1. The Bertz CT molecular complexity index is 297. The molecule has 0 heterocycles. The Labute approximate surface area is 108 Å². The number of nitrogens with zero attached hydrogens (tertiary/aromatic N) is 2. The van der Waals surface area contributed by atoms with E-state index in [-0.39, 0.29) is 6.04 Å². The van der Waals surface area contributed by atoms with Gasteiger partial charge >= 0.3 is 6.09 Å². The van der Waals surface area contributed by atoms with E-state index >= 15 is 0 Å². The summed E-state index contributed by atoms with van der Waals surface area (Å²) < 4.78 is 0. The van der Waals surface area contributed by atoms with Crippen molar-refractivity contribution in [2.45, 2.75) is 44.6 Å². The van der Waals surface area contributed by atoms with Gasteiger partial charge in [0.15, 0.2) is 0 Å². The number of carbonyl (C=O) groups is 1. The van der Waals surface area contributed by atoms with E-state index in [1.807, 2.05) is 0 Å². The summed E-state index contributed by atoms with van der Waals surface area (Å²) in [6, 6.07) is -0.0308. The molecular weight excluding hydrogens is 236 g/mol. The van der Waals surface area contributed by atoms with Gasteiger partial charge in [0.2, 0.25) is 0 Å². The molecule has 1 saturated carbocycles. The minimum atomic E-state index is -0.918. The van der Waals surface area contributed by atoms with Gasteiger partial charge in [-0.15, -0.1) is 0 Å². The van der Waals surface area contributed by atoms with Gasteiger partial charge in [0, 0.05) is 13.6 Å². The smallest absolute Gasteiger partial charge is 0.407 e. The Hall–Kier alpha value is -0.930. The number of rotatable bonds is 5. The zero-order chi connectivity index (χ0) is 12.7. The summed E-state index contributed by atoms with van der Waals surface area (Å²) in [5.74, 6) is 0.669. The molecular formula is C12H20N2O2S. The summed E-state index contributed by atoms with van der Waals surface area (Å²) in [7, 11) is 1.56. The number of carboxylic acid groups (broad SMARTS) is 1. The van der Waals surface area contributed by atoms with E-state index in [0.29, 0.717) is 12.5 Å². The fourth-order valence-corrected chi connectivity index (χ4v) is 2.59. The van der Waals surface area contributed by atoms with Crippen LogP contribution in [0, 0.1) is 5.92 Å². The van der Waals surface area contributed by atoms with Gasteiger partial charge in [-0.3, -0.25) is 0 Å². The molecule has 1 unspecified atom stereocenters. The summed E-state index contributed by atoms with van der Waals surface area (Å²) in [5.41, 5.74) is 0. The van der Waals surface area contributed by atoms with Crippen molar-refractivity contribution in [1.82, 2.24) is 4.90 Å². The van der Waals surface area contributed by atoms with Crippen LogP contribution in [0.15, 0.2) is 4.99 Å². The molecule has 4 nitrogen and oxygen atoms in total. The first-order valence-electron chi connectivity index (χ1n) is 6.14. The molecule has 1 aliphatic rings. The maximum absolute atomic E-state index is 10.8. The van der Waals surface area contributed by atoms with E-state index in [1.54, 1.807) is 7.05 Å². The van der Waals surface area contributed by atoms with Crippen LogP contribution in [0.25, 0.3) is 0 Å². The Morgan fingerprint density at radius 1 is 1.53 bits per heavy atom. The summed E-state index contributed by atoms with van der Waals surface area (Å²) in [5, 5.41) is 11.2. The predicted octanol–water partition coefficient (Wildman–Crippen LogP) is 3.04. The molecule has 0 radical (unpaired) electrons. The van der Waals surface area contributed by atoms with Gasteiger partial charge in [-0.1, -0.05) is 32.1 Å². The van der Waals surface area contributed by atoms with Crippen molar-refractivity contribution in [2.75, 3.05) is 13.6 Å². The van der Waals surface area contributed by atoms with Crippen LogP contribution in [-0.4, -0.2) is 40.9 Å². The Kier molecular flexibility index (Phi) is 6.16. The van der Waals surface area contributed by atoms with Crippen molar-refractivity contribution in [2.24, 2.45) is 10.9 Å². The molecule has 5 heteroatoms. The van der Waals surface area contributed by atoms with E-state index in [9.17, 15) is 4.79 Å². The van der Waals surface area contributed by atoms with Crippen molar-refractivity contribution in [3.63, 3.8) is 0 Å². The minimum Gasteiger partial charge on any atom is -0.465 e. The van der Waals surface area contributed by atoms with Gasteiger partial charge < -0.3 is 10.0 Å². The largest absolute Gasteiger partial charge is 0.465 e. The molecule has 0 bridgehead atoms. The van der Waals surface area contributed by atoms with E-state index in [4.69, 9.17) is 5.11 Å². The van der Waals surface area contributed by atoms with Gasteiger partial charge in [0.1, 0.15) is 0 Å². The lowest BCUT2D eigenvalue weighted by atomic mass is 9.85. The summed E-state index contributed by atoms with van der Waals surface area (Å²) in [4.78, 5) is 16.1. The standard InChI is InChI=1S/C12H20N2O2S/c1-14(12(15)16)8-11(13-9-17)7-10-5-3-2-4-6-10/h10-11H,2-8H2,1H3,(H,15,16). The van der Waals surface area contributed by atoms with Gasteiger partial charge in [0.05, 0.1) is 11.2 Å².